The molecule has 0 radical (unpaired) electrons. The second-order valence-corrected chi connectivity index (χ2v) is 9.20. The van der Waals surface area contributed by atoms with Crippen molar-refractivity contribution in [2.45, 2.75) is 24.0 Å². The van der Waals surface area contributed by atoms with Crippen LogP contribution in [-0.2, 0) is 7.05 Å². The lowest BCUT2D eigenvalue weighted by Crippen LogP contribution is -1.96. The third-order valence-corrected chi connectivity index (χ3v) is 7.38. The molecule has 0 spiro atoms. The number of thioether (sulfide) groups is 1. The first-order valence-corrected chi connectivity index (χ1v) is 11.1. The van der Waals surface area contributed by atoms with Gasteiger partial charge in [0.15, 0.2) is 0 Å². The predicted molar refractivity (Wildman–Crippen MR) is 113 cm³/mol. The zero-order valence-corrected chi connectivity index (χ0v) is 17.0. The minimum atomic E-state index is 0.822. The molecule has 0 unspecified atom stereocenters. The van der Waals surface area contributed by atoms with E-state index in [1.807, 2.05) is 41.2 Å². The molecular formula is C18H19N5S3. The molecule has 0 amide bonds. The van der Waals surface area contributed by atoms with Crippen molar-refractivity contribution in [3.63, 3.8) is 0 Å². The van der Waals surface area contributed by atoms with Gasteiger partial charge >= 0.3 is 0 Å². The van der Waals surface area contributed by atoms with Gasteiger partial charge in [-0.05, 0) is 18.2 Å². The number of aromatic nitrogens is 4. The van der Waals surface area contributed by atoms with Gasteiger partial charge in [0.05, 0.1) is 9.90 Å². The van der Waals surface area contributed by atoms with Crippen molar-refractivity contribution >= 4 is 50.3 Å². The van der Waals surface area contributed by atoms with Gasteiger partial charge in [0.1, 0.15) is 21.4 Å². The van der Waals surface area contributed by atoms with Crippen LogP contribution in [0.25, 0.3) is 32.3 Å². The molecule has 134 valence electrons. The van der Waals surface area contributed by atoms with Crippen LogP contribution >= 0.6 is 34.4 Å². The molecule has 4 heterocycles. The number of fused-ring (bicyclic) bond motifs is 1. The number of thiazole rings is 1. The Balaban J connectivity index is 1.92. The average molecular weight is 402 g/mol. The van der Waals surface area contributed by atoms with Gasteiger partial charge < -0.3 is 10.3 Å². The van der Waals surface area contributed by atoms with Gasteiger partial charge in [0.25, 0.3) is 0 Å². The summed E-state index contributed by atoms with van der Waals surface area (Å²) in [4.78, 5) is 14.8. The number of imidazole rings is 1. The lowest BCUT2D eigenvalue weighted by Gasteiger charge is -2.07. The molecule has 0 bridgehead atoms. The molecule has 0 aromatic carbocycles. The van der Waals surface area contributed by atoms with Crippen molar-refractivity contribution in [3.05, 3.63) is 30.0 Å². The fourth-order valence-corrected chi connectivity index (χ4v) is 5.83. The zero-order valence-electron chi connectivity index (χ0n) is 14.6. The lowest BCUT2D eigenvalue weighted by atomic mass is 10.1. The number of pyridine rings is 1. The molecule has 0 atom stereocenters. The van der Waals surface area contributed by atoms with Crippen molar-refractivity contribution in [3.8, 4) is 22.1 Å². The molecule has 0 aliphatic carbocycles. The molecular weight excluding hydrogens is 382 g/mol. The fourth-order valence-electron chi connectivity index (χ4n) is 2.78. The van der Waals surface area contributed by atoms with E-state index in [9.17, 15) is 0 Å². The van der Waals surface area contributed by atoms with Crippen molar-refractivity contribution in [2.24, 2.45) is 7.05 Å². The van der Waals surface area contributed by atoms with Crippen LogP contribution in [0.2, 0.25) is 0 Å². The summed E-state index contributed by atoms with van der Waals surface area (Å²) in [5, 5.41) is 3.88. The van der Waals surface area contributed by atoms with Gasteiger partial charge in [0.2, 0.25) is 0 Å². The van der Waals surface area contributed by atoms with E-state index in [1.54, 1.807) is 28.9 Å². The molecule has 5 nitrogen and oxygen atoms in total. The highest BCUT2D eigenvalue weighted by Crippen LogP contribution is 2.45. The molecule has 26 heavy (non-hydrogen) atoms. The Labute approximate surface area is 164 Å². The van der Waals surface area contributed by atoms with Crippen molar-refractivity contribution in [2.75, 3.05) is 11.5 Å². The summed E-state index contributed by atoms with van der Waals surface area (Å²) in [5.41, 5.74) is 9.26. The minimum Gasteiger partial charge on any atom is -0.397 e. The number of hydrogen-bond acceptors (Lipinski definition) is 7. The molecule has 0 saturated carbocycles. The molecule has 4 aromatic heterocycles. The van der Waals surface area contributed by atoms with E-state index in [2.05, 4.69) is 23.0 Å². The van der Waals surface area contributed by atoms with Crippen LogP contribution in [0, 0.1) is 0 Å². The van der Waals surface area contributed by atoms with E-state index in [1.165, 1.54) is 12.8 Å². The zero-order chi connectivity index (χ0) is 18.1. The normalized spacial score (nSPS) is 11.5. The summed E-state index contributed by atoms with van der Waals surface area (Å²) < 4.78 is 3.16. The second-order valence-electron chi connectivity index (χ2n) is 5.94. The third kappa shape index (κ3) is 3.13. The summed E-state index contributed by atoms with van der Waals surface area (Å²) in [5.74, 6) is 1.97. The van der Waals surface area contributed by atoms with E-state index in [-0.39, 0.29) is 0 Å². The number of aryl methyl sites for hydroxylation is 1. The number of hydrogen-bond donors (Lipinski definition) is 1. The van der Waals surface area contributed by atoms with E-state index in [0.29, 0.717) is 0 Å². The first-order valence-electron chi connectivity index (χ1n) is 8.42. The van der Waals surface area contributed by atoms with Crippen LogP contribution < -0.4 is 5.73 Å². The molecule has 0 fully saturated rings. The molecule has 0 aliphatic heterocycles. The monoisotopic (exact) mass is 401 g/mol. The van der Waals surface area contributed by atoms with Gasteiger partial charge in [-0.2, -0.15) is 0 Å². The van der Waals surface area contributed by atoms with Crippen LogP contribution in [0.4, 0.5) is 5.69 Å². The van der Waals surface area contributed by atoms with E-state index >= 15 is 0 Å². The van der Waals surface area contributed by atoms with Crippen LogP contribution in [0.5, 0.6) is 0 Å². The summed E-state index contributed by atoms with van der Waals surface area (Å²) in [6.07, 6.45) is 7.93. The maximum atomic E-state index is 6.55. The Bertz CT molecular complexity index is 1030. The van der Waals surface area contributed by atoms with Gasteiger partial charge in [-0.1, -0.05) is 13.3 Å². The molecule has 8 heteroatoms. The van der Waals surface area contributed by atoms with Gasteiger partial charge in [-0.3, -0.25) is 0 Å². The van der Waals surface area contributed by atoms with Crippen LogP contribution in [0.15, 0.2) is 34.2 Å². The van der Waals surface area contributed by atoms with Crippen LogP contribution in [0.3, 0.4) is 0 Å². The van der Waals surface area contributed by atoms with E-state index in [4.69, 9.17) is 10.7 Å². The first-order chi connectivity index (χ1) is 12.7. The van der Waals surface area contributed by atoms with Gasteiger partial charge in [0, 0.05) is 42.0 Å². The maximum absolute atomic E-state index is 6.55. The Morgan fingerprint density at radius 2 is 2.15 bits per heavy atom. The summed E-state index contributed by atoms with van der Waals surface area (Å²) >= 11 is 5.08. The Morgan fingerprint density at radius 3 is 2.85 bits per heavy atom. The third-order valence-electron chi connectivity index (χ3n) is 4.11. The summed E-state index contributed by atoms with van der Waals surface area (Å²) in [7, 11) is 2.00. The molecule has 4 aromatic rings. The molecule has 0 aliphatic rings. The van der Waals surface area contributed by atoms with Crippen molar-refractivity contribution in [1.29, 1.82) is 0 Å². The highest BCUT2D eigenvalue weighted by atomic mass is 32.2. The Hall–Kier alpha value is -1.90. The minimum absolute atomic E-state index is 0.822. The van der Waals surface area contributed by atoms with E-state index in [0.717, 1.165) is 48.0 Å². The number of nitrogen functional groups attached to an aromatic ring is 1. The molecule has 4 rings (SSSR count). The highest BCUT2D eigenvalue weighted by Gasteiger charge is 2.20. The maximum Gasteiger partial charge on any atom is 0.141 e. The van der Waals surface area contributed by atoms with Gasteiger partial charge in [-0.25, -0.2) is 15.0 Å². The van der Waals surface area contributed by atoms with Crippen molar-refractivity contribution < 1.29 is 0 Å². The molecule has 2 N–H and O–H groups in total. The van der Waals surface area contributed by atoms with Gasteiger partial charge in [-0.15, -0.1) is 34.4 Å². The van der Waals surface area contributed by atoms with Crippen molar-refractivity contribution in [1.82, 2.24) is 19.5 Å². The predicted octanol–water partition coefficient (Wildman–Crippen LogP) is 5.29. The number of nitrogens with two attached hydrogens (primary N) is 1. The number of unbranched alkanes of at least 4 members (excludes halogenated alkanes) is 1. The molecule has 0 saturated heterocycles. The second kappa shape index (κ2) is 7.38. The quantitative estimate of drug-likeness (QED) is 0.351. The number of thiophene rings is 1. The number of anilines is 1. The average Bonchev–Trinajstić information content (AvgIpc) is 3.36. The van der Waals surface area contributed by atoms with E-state index < -0.39 is 0 Å². The standard InChI is InChI=1S/C18H19N5S3/c1-3-4-8-25-18-14(19)13-11(15-20-5-7-23(15)2)10-12(22-17(13)26-18)16-21-6-9-24-16/h5-7,9-10H,3-4,8,19H2,1-2H3. The highest BCUT2D eigenvalue weighted by molar-refractivity contribution is 8.01. The first kappa shape index (κ1) is 17.5. The van der Waals surface area contributed by atoms with Crippen LogP contribution in [-0.4, -0.2) is 25.3 Å². The fraction of sp³-hybridized carbons (Fsp3) is 0.278. The lowest BCUT2D eigenvalue weighted by molar-refractivity contribution is 0.897. The topological polar surface area (TPSA) is 69.6 Å². The van der Waals surface area contributed by atoms with Crippen LogP contribution in [0.1, 0.15) is 19.8 Å². The Morgan fingerprint density at radius 1 is 1.27 bits per heavy atom. The SMILES string of the molecule is CCCCSc1sc2nc(-c3nccs3)cc(-c3nccn3C)c2c1N. The summed E-state index contributed by atoms with van der Waals surface area (Å²) in [6.45, 7) is 2.20. The Kier molecular flexibility index (Phi) is 4.97. The number of nitrogens with zero attached hydrogens (tertiary/aromatic N) is 4. The smallest absolute Gasteiger partial charge is 0.141 e. The summed E-state index contributed by atoms with van der Waals surface area (Å²) in [6, 6.07) is 2.06. The number of rotatable bonds is 6. The largest absolute Gasteiger partial charge is 0.397 e.